The summed E-state index contributed by atoms with van der Waals surface area (Å²) in [5.41, 5.74) is 1.48. The fourth-order valence-electron chi connectivity index (χ4n) is 3.72. The van der Waals surface area contributed by atoms with E-state index >= 15 is 0 Å². The van der Waals surface area contributed by atoms with Crippen LogP contribution in [-0.4, -0.2) is 32.6 Å². The van der Waals surface area contributed by atoms with E-state index in [1.165, 1.54) is 6.42 Å². The Labute approximate surface area is 150 Å². The minimum Gasteiger partial charge on any atom is -0.324 e. The van der Waals surface area contributed by atoms with Gasteiger partial charge in [-0.05, 0) is 25.0 Å². The van der Waals surface area contributed by atoms with Crippen molar-refractivity contribution in [3.63, 3.8) is 0 Å². The minimum atomic E-state index is -0.729. The van der Waals surface area contributed by atoms with Crippen molar-refractivity contribution in [2.24, 2.45) is 7.05 Å². The van der Waals surface area contributed by atoms with Crippen LogP contribution in [0.2, 0.25) is 0 Å². The number of aromatic nitrogens is 2. The molecule has 0 spiro atoms. The lowest BCUT2D eigenvalue weighted by molar-refractivity contribution is -0.0585. The normalized spacial score (nSPS) is 17.5. The number of hydrogen-bond acceptors (Lipinski definition) is 5. The van der Waals surface area contributed by atoms with Crippen LogP contribution in [0.1, 0.15) is 74.8 Å². The topological polar surface area (TPSA) is 81.5 Å². The summed E-state index contributed by atoms with van der Waals surface area (Å²) < 4.78 is 1.57. The SMILES string of the molecule is Cn1cc(C(=O)ON2C(=O)c3ccccc3C2=O)c(C2CCCCC2)n1. The Balaban J connectivity index is 1.58. The van der Waals surface area contributed by atoms with Crippen LogP contribution in [0.25, 0.3) is 0 Å². The zero-order chi connectivity index (χ0) is 18.3. The molecule has 1 aromatic heterocycles. The molecule has 0 bridgehead atoms. The number of carbonyl (C=O) groups is 3. The highest BCUT2D eigenvalue weighted by Gasteiger charge is 2.39. The van der Waals surface area contributed by atoms with Gasteiger partial charge in [0.2, 0.25) is 0 Å². The fourth-order valence-corrected chi connectivity index (χ4v) is 3.72. The van der Waals surface area contributed by atoms with Crippen molar-refractivity contribution < 1.29 is 19.2 Å². The van der Waals surface area contributed by atoms with E-state index in [-0.39, 0.29) is 17.0 Å². The highest BCUT2D eigenvalue weighted by Crippen LogP contribution is 2.34. The summed E-state index contributed by atoms with van der Waals surface area (Å²) in [6.45, 7) is 0. The predicted molar refractivity (Wildman–Crippen MR) is 91.4 cm³/mol. The molecule has 26 heavy (non-hydrogen) atoms. The van der Waals surface area contributed by atoms with Crippen LogP contribution in [0.5, 0.6) is 0 Å². The monoisotopic (exact) mass is 353 g/mol. The maximum Gasteiger partial charge on any atom is 0.367 e. The van der Waals surface area contributed by atoms with E-state index < -0.39 is 17.8 Å². The Morgan fingerprint density at radius 3 is 2.31 bits per heavy atom. The number of nitrogens with zero attached hydrogens (tertiary/aromatic N) is 3. The second kappa shape index (κ2) is 6.40. The molecule has 1 aliphatic heterocycles. The standard InChI is InChI=1S/C19H19N3O4/c1-21-11-15(16(20-21)12-7-3-2-4-8-12)19(25)26-22-17(23)13-9-5-6-10-14(13)18(22)24/h5-6,9-12H,2-4,7-8H2,1H3. The number of amides is 2. The van der Waals surface area contributed by atoms with E-state index in [4.69, 9.17) is 4.84 Å². The van der Waals surface area contributed by atoms with E-state index in [0.717, 1.165) is 25.7 Å². The lowest BCUT2D eigenvalue weighted by Gasteiger charge is -2.20. The van der Waals surface area contributed by atoms with Crippen molar-refractivity contribution >= 4 is 17.8 Å². The van der Waals surface area contributed by atoms with Gasteiger partial charge in [0.1, 0.15) is 5.56 Å². The maximum absolute atomic E-state index is 12.7. The average molecular weight is 353 g/mol. The summed E-state index contributed by atoms with van der Waals surface area (Å²) in [7, 11) is 1.74. The Bertz CT molecular complexity index is 861. The van der Waals surface area contributed by atoms with Gasteiger partial charge in [-0.3, -0.25) is 14.3 Å². The van der Waals surface area contributed by atoms with Crippen LogP contribution in [0.4, 0.5) is 0 Å². The van der Waals surface area contributed by atoms with Crippen LogP contribution in [-0.2, 0) is 11.9 Å². The fraction of sp³-hybridized carbons (Fsp3) is 0.368. The van der Waals surface area contributed by atoms with Crippen LogP contribution in [0.3, 0.4) is 0 Å². The van der Waals surface area contributed by atoms with E-state index in [1.807, 2.05) is 0 Å². The summed E-state index contributed by atoms with van der Waals surface area (Å²) in [4.78, 5) is 42.6. The molecule has 1 aliphatic carbocycles. The van der Waals surface area contributed by atoms with Gasteiger partial charge in [-0.2, -0.15) is 5.10 Å². The van der Waals surface area contributed by atoms with Gasteiger partial charge in [0, 0.05) is 19.2 Å². The first-order valence-electron chi connectivity index (χ1n) is 8.80. The third kappa shape index (κ3) is 2.69. The molecule has 2 aromatic rings. The zero-order valence-electron chi connectivity index (χ0n) is 14.5. The number of fused-ring (bicyclic) bond motifs is 1. The van der Waals surface area contributed by atoms with Crippen LogP contribution in [0, 0.1) is 0 Å². The van der Waals surface area contributed by atoms with E-state index in [1.54, 1.807) is 42.2 Å². The summed E-state index contributed by atoms with van der Waals surface area (Å²) in [5, 5.41) is 4.98. The Hall–Kier alpha value is -2.96. The summed E-state index contributed by atoms with van der Waals surface area (Å²) in [6, 6.07) is 6.41. The summed E-state index contributed by atoms with van der Waals surface area (Å²) >= 11 is 0. The molecule has 2 heterocycles. The van der Waals surface area contributed by atoms with Gasteiger partial charge in [0.25, 0.3) is 11.8 Å². The minimum absolute atomic E-state index is 0.203. The molecule has 2 amide bonds. The second-order valence-electron chi connectivity index (χ2n) is 6.77. The predicted octanol–water partition coefficient (Wildman–Crippen LogP) is 2.84. The van der Waals surface area contributed by atoms with Crippen molar-refractivity contribution in [2.45, 2.75) is 38.0 Å². The third-order valence-electron chi connectivity index (χ3n) is 5.00. The third-order valence-corrected chi connectivity index (χ3v) is 5.00. The molecule has 0 saturated heterocycles. The molecule has 2 aliphatic rings. The molecule has 134 valence electrons. The average Bonchev–Trinajstić information content (AvgIpc) is 3.17. The van der Waals surface area contributed by atoms with Gasteiger partial charge in [0.15, 0.2) is 0 Å². The molecule has 0 atom stereocenters. The first-order valence-corrected chi connectivity index (χ1v) is 8.80. The van der Waals surface area contributed by atoms with Gasteiger partial charge in [0.05, 0.1) is 16.8 Å². The molecule has 7 nitrogen and oxygen atoms in total. The number of hydrogen-bond donors (Lipinski definition) is 0. The lowest BCUT2D eigenvalue weighted by Crippen LogP contribution is -2.33. The number of benzene rings is 1. The number of aryl methyl sites for hydroxylation is 1. The van der Waals surface area contributed by atoms with E-state index in [9.17, 15) is 14.4 Å². The van der Waals surface area contributed by atoms with Gasteiger partial charge in [-0.1, -0.05) is 36.5 Å². The van der Waals surface area contributed by atoms with E-state index in [2.05, 4.69) is 5.10 Å². The van der Waals surface area contributed by atoms with Crippen LogP contribution < -0.4 is 0 Å². The molecule has 0 N–H and O–H groups in total. The van der Waals surface area contributed by atoms with Gasteiger partial charge in [-0.15, -0.1) is 0 Å². The van der Waals surface area contributed by atoms with Crippen molar-refractivity contribution in [1.82, 2.24) is 14.8 Å². The van der Waals surface area contributed by atoms with E-state index in [0.29, 0.717) is 16.3 Å². The first-order chi connectivity index (χ1) is 12.6. The Kier molecular flexibility index (Phi) is 4.06. The zero-order valence-corrected chi connectivity index (χ0v) is 14.5. The first kappa shape index (κ1) is 16.5. The quantitative estimate of drug-likeness (QED) is 0.793. The van der Waals surface area contributed by atoms with Crippen molar-refractivity contribution in [3.05, 3.63) is 52.8 Å². The van der Waals surface area contributed by atoms with Crippen LogP contribution >= 0.6 is 0 Å². The van der Waals surface area contributed by atoms with Gasteiger partial charge < -0.3 is 4.84 Å². The molecule has 7 heteroatoms. The summed E-state index contributed by atoms with van der Waals surface area (Å²) in [6.07, 6.45) is 6.94. The lowest BCUT2D eigenvalue weighted by atomic mass is 9.85. The second-order valence-corrected chi connectivity index (χ2v) is 6.77. The molecule has 1 fully saturated rings. The van der Waals surface area contributed by atoms with Gasteiger partial charge >= 0.3 is 5.97 Å². The van der Waals surface area contributed by atoms with Crippen molar-refractivity contribution in [2.75, 3.05) is 0 Å². The van der Waals surface area contributed by atoms with Crippen molar-refractivity contribution in [1.29, 1.82) is 0 Å². The number of rotatable bonds is 3. The largest absolute Gasteiger partial charge is 0.367 e. The molecule has 1 saturated carbocycles. The number of imide groups is 1. The molecule has 1 aromatic carbocycles. The number of hydroxylamine groups is 2. The van der Waals surface area contributed by atoms with Crippen molar-refractivity contribution in [3.8, 4) is 0 Å². The number of carbonyl (C=O) groups excluding carboxylic acids is 3. The molecular formula is C19H19N3O4. The highest BCUT2D eigenvalue weighted by atomic mass is 16.7. The molecule has 0 radical (unpaired) electrons. The maximum atomic E-state index is 12.7. The van der Waals surface area contributed by atoms with Gasteiger partial charge in [-0.25, -0.2) is 4.79 Å². The molecular weight excluding hydrogens is 334 g/mol. The Morgan fingerprint density at radius 1 is 1.08 bits per heavy atom. The summed E-state index contributed by atoms with van der Waals surface area (Å²) in [5.74, 6) is -1.77. The molecule has 0 unspecified atom stereocenters. The highest BCUT2D eigenvalue weighted by molar-refractivity contribution is 6.21. The molecule has 4 rings (SSSR count). The van der Waals surface area contributed by atoms with Crippen LogP contribution in [0.15, 0.2) is 30.5 Å². The Morgan fingerprint density at radius 2 is 1.69 bits per heavy atom. The smallest absolute Gasteiger partial charge is 0.324 e.